The molecule has 0 saturated carbocycles. The van der Waals surface area contributed by atoms with Gasteiger partial charge < -0.3 is 25.2 Å². The number of benzene rings is 1. The van der Waals surface area contributed by atoms with E-state index in [1.807, 2.05) is 6.07 Å². The molecule has 1 fully saturated rings. The molecule has 0 bridgehead atoms. The zero-order valence-corrected chi connectivity index (χ0v) is 11.6. The molecule has 0 radical (unpaired) electrons. The van der Waals surface area contributed by atoms with Crippen LogP contribution in [0, 0.1) is 11.1 Å². The largest absolute Gasteiger partial charge is 0.733 e. The Labute approximate surface area is 122 Å². The van der Waals surface area contributed by atoms with Crippen LogP contribution in [-0.2, 0) is 14.3 Å². The van der Waals surface area contributed by atoms with Gasteiger partial charge in [0.05, 0.1) is 24.1 Å². The van der Waals surface area contributed by atoms with Crippen molar-refractivity contribution >= 4 is 17.3 Å². The SMILES string of the molecule is CCOC(=O)C1Nc2c(cccc2N([O-])O)C2OCCC12. The van der Waals surface area contributed by atoms with E-state index in [0.717, 1.165) is 12.0 Å². The third-order valence-corrected chi connectivity index (χ3v) is 3.99. The molecular formula is C14H17N2O5-. The molecule has 0 aliphatic carbocycles. The van der Waals surface area contributed by atoms with Crippen molar-refractivity contribution in [1.29, 1.82) is 0 Å². The van der Waals surface area contributed by atoms with E-state index in [2.05, 4.69) is 5.32 Å². The lowest BCUT2D eigenvalue weighted by molar-refractivity contribution is -0.146. The molecule has 2 heterocycles. The number of hydrogen-bond donors (Lipinski definition) is 2. The molecule has 21 heavy (non-hydrogen) atoms. The second kappa shape index (κ2) is 5.51. The molecule has 7 heteroatoms. The molecule has 2 N–H and O–H groups in total. The molecule has 2 aliphatic rings. The number of carbonyl (C=O) groups is 1. The van der Waals surface area contributed by atoms with Gasteiger partial charge in [-0.25, -0.2) is 4.79 Å². The van der Waals surface area contributed by atoms with Gasteiger partial charge in [-0.2, -0.15) is 0 Å². The lowest BCUT2D eigenvalue weighted by Gasteiger charge is -2.37. The zero-order valence-electron chi connectivity index (χ0n) is 11.6. The van der Waals surface area contributed by atoms with Crippen molar-refractivity contribution < 1.29 is 19.5 Å². The lowest BCUT2D eigenvalue weighted by atomic mass is 9.84. The minimum atomic E-state index is -0.578. The first kappa shape index (κ1) is 14.1. The van der Waals surface area contributed by atoms with Crippen molar-refractivity contribution in [3.63, 3.8) is 0 Å². The number of esters is 1. The normalized spacial score (nSPS) is 26.5. The Hall–Kier alpha value is -1.83. The van der Waals surface area contributed by atoms with Gasteiger partial charge in [-0.15, -0.1) is 0 Å². The molecule has 1 saturated heterocycles. The summed E-state index contributed by atoms with van der Waals surface area (Å²) in [6.45, 7) is 2.59. The van der Waals surface area contributed by atoms with E-state index in [-0.39, 0.29) is 35.5 Å². The highest BCUT2D eigenvalue weighted by Crippen LogP contribution is 2.47. The molecule has 3 atom stereocenters. The van der Waals surface area contributed by atoms with Crippen molar-refractivity contribution in [2.45, 2.75) is 25.5 Å². The summed E-state index contributed by atoms with van der Waals surface area (Å²) >= 11 is 0. The molecule has 0 spiro atoms. The standard InChI is InChI=1S/C14H17N2O5/c1-2-20-14(17)12-9-6-7-21-13(9)8-4-3-5-10(16(18)19)11(8)15-12/h3-5,9,12-13,15,18H,2,6-7H2,1H3/q-1. The minimum Gasteiger partial charge on any atom is -0.733 e. The van der Waals surface area contributed by atoms with Crippen LogP contribution >= 0.6 is 0 Å². The predicted molar refractivity (Wildman–Crippen MR) is 74.9 cm³/mol. The number of ether oxygens (including phenoxy) is 2. The van der Waals surface area contributed by atoms with Gasteiger partial charge >= 0.3 is 5.97 Å². The zero-order chi connectivity index (χ0) is 15.0. The van der Waals surface area contributed by atoms with Gasteiger partial charge in [-0.1, -0.05) is 12.1 Å². The van der Waals surface area contributed by atoms with Crippen LogP contribution in [0.15, 0.2) is 18.2 Å². The molecule has 0 aromatic heterocycles. The highest BCUT2D eigenvalue weighted by Gasteiger charge is 2.45. The maximum absolute atomic E-state index is 12.1. The first-order valence-corrected chi connectivity index (χ1v) is 6.97. The number of nitrogens with zero attached hydrogens (tertiary/aromatic N) is 1. The fourth-order valence-corrected chi connectivity index (χ4v) is 3.11. The highest BCUT2D eigenvalue weighted by molar-refractivity contribution is 5.85. The quantitative estimate of drug-likeness (QED) is 0.648. The molecule has 3 rings (SSSR count). The first-order valence-electron chi connectivity index (χ1n) is 6.97. The molecule has 1 aromatic rings. The van der Waals surface area contributed by atoms with E-state index in [0.29, 0.717) is 12.3 Å². The Morgan fingerprint density at radius 1 is 1.62 bits per heavy atom. The molecule has 114 valence electrons. The Kier molecular flexibility index (Phi) is 3.71. The molecule has 0 amide bonds. The summed E-state index contributed by atoms with van der Waals surface area (Å²) in [5.41, 5.74) is 1.28. The van der Waals surface area contributed by atoms with Gasteiger partial charge in [0.2, 0.25) is 0 Å². The van der Waals surface area contributed by atoms with E-state index in [1.54, 1.807) is 13.0 Å². The van der Waals surface area contributed by atoms with Crippen LogP contribution in [0.1, 0.15) is 25.0 Å². The number of para-hydroxylation sites is 1. The van der Waals surface area contributed by atoms with Gasteiger partial charge in [-0.05, 0) is 19.4 Å². The second-order valence-corrected chi connectivity index (χ2v) is 5.13. The minimum absolute atomic E-state index is 0.0365. The number of fused-ring (bicyclic) bond motifs is 3. The average Bonchev–Trinajstić information content (AvgIpc) is 2.95. The van der Waals surface area contributed by atoms with Gasteiger partial charge in [0.15, 0.2) is 0 Å². The predicted octanol–water partition coefficient (Wildman–Crippen LogP) is 1.81. The van der Waals surface area contributed by atoms with Crippen molar-refractivity contribution in [3.05, 3.63) is 29.0 Å². The van der Waals surface area contributed by atoms with Gasteiger partial charge in [0.1, 0.15) is 6.04 Å². The topological polar surface area (TPSA) is 94.1 Å². The monoisotopic (exact) mass is 293 g/mol. The number of rotatable bonds is 3. The Balaban J connectivity index is 2.02. The van der Waals surface area contributed by atoms with Crippen LogP contribution in [0.5, 0.6) is 0 Å². The van der Waals surface area contributed by atoms with E-state index in [9.17, 15) is 15.2 Å². The van der Waals surface area contributed by atoms with Crippen LogP contribution in [0.3, 0.4) is 0 Å². The van der Waals surface area contributed by atoms with Gasteiger partial charge in [0, 0.05) is 18.1 Å². The average molecular weight is 293 g/mol. The lowest BCUT2D eigenvalue weighted by Crippen LogP contribution is -2.43. The maximum atomic E-state index is 12.1. The Morgan fingerprint density at radius 2 is 2.43 bits per heavy atom. The fourth-order valence-electron chi connectivity index (χ4n) is 3.11. The van der Waals surface area contributed by atoms with Gasteiger partial charge in [0.25, 0.3) is 0 Å². The highest BCUT2D eigenvalue weighted by atomic mass is 16.8. The molecule has 3 unspecified atom stereocenters. The first-order chi connectivity index (χ1) is 10.1. The summed E-state index contributed by atoms with van der Waals surface area (Å²) in [4.78, 5) is 12.1. The summed E-state index contributed by atoms with van der Waals surface area (Å²) < 4.78 is 10.8. The molecular weight excluding hydrogens is 276 g/mol. The smallest absolute Gasteiger partial charge is 0.328 e. The number of nitrogens with one attached hydrogen (secondary N) is 1. The summed E-state index contributed by atoms with van der Waals surface area (Å²) in [5, 5.41) is 23.4. The van der Waals surface area contributed by atoms with Crippen LogP contribution < -0.4 is 10.5 Å². The fraction of sp³-hybridized carbons (Fsp3) is 0.500. The number of anilines is 2. The van der Waals surface area contributed by atoms with Crippen LogP contribution in [0.2, 0.25) is 0 Å². The number of hydrogen-bond acceptors (Lipinski definition) is 7. The summed E-state index contributed by atoms with van der Waals surface area (Å²) in [5.74, 6) is -0.403. The Bertz CT molecular complexity index is 548. The molecule has 7 nitrogen and oxygen atoms in total. The van der Waals surface area contributed by atoms with Crippen molar-refractivity contribution in [2.75, 3.05) is 23.8 Å². The van der Waals surface area contributed by atoms with E-state index in [4.69, 9.17) is 9.47 Å². The van der Waals surface area contributed by atoms with Crippen molar-refractivity contribution in [1.82, 2.24) is 0 Å². The molecule has 2 aliphatic heterocycles. The van der Waals surface area contributed by atoms with E-state index in [1.165, 1.54) is 6.07 Å². The summed E-state index contributed by atoms with van der Waals surface area (Å²) in [7, 11) is 0. The van der Waals surface area contributed by atoms with E-state index >= 15 is 0 Å². The van der Waals surface area contributed by atoms with Crippen molar-refractivity contribution in [3.8, 4) is 0 Å². The van der Waals surface area contributed by atoms with E-state index < -0.39 is 6.04 Å². The summed E-state index contributed by atoms with van der Waals surface area (Å²) in [6, 6.07) is 4.42. The third-order valence-electron chi connectivity index (χ3n) is 3.99. The van der Waals surface area contributed by atoms with Crippen LogP contribution in [0.25, 0.3) is 0 Å². The summed E-state index contributed by atoms with van der Waals surface area (Å²) in [6.07, 6.45) is 0.473. The molecule has 1 aromatic carbocycles. The van der Waals surface area contributed by atoms with Crippen LogP contribution in [-0.4, -0.2) is 30.4 Å². The van der Waals surface area contributed by atoms with Gasteiger partial charge in [-0.3, -0.25) is 5.21 Å². The Morgan fingerprint density at radius 3 is 3.14 bits per heavy atom. The van der Waals surface area contributed by atoms with Crippen molar-refractivity contribution in [2.24, 2.45) is 5.92 Å². The second-order valence-electron chi connectivity index (χ2n) is 5.13. The van der Waals surface area contributed by atoms with Crippen LogP contribution in [0.4, 0.5) is 11.4 Å². The number of carbonyl (C=O) groups excluding carboxylic acids is 1. The maximum Gasteiger partial charge on any atom is 0.328 e. The third kappa shape index (κ3) is 2.33.